The Hall–Kier alpha value is -3.21. The fraction of sp³-hybridized carbons (Fsp3) is 0.0556. The number of fused-ring (bicyclic) bond motifs is 1. The number of anilines is 1. The van der Waals surface area contributed by atoms with Crippen LogP contribution in [-0.2, 0) is 4.79 Å². The molecule has 3 N–H and O–H groups in total. The lowest BCUT2D eigenvalue weighted by molar-refractivity contribution is -0.113. The predicted molar refractivity (Wildman–Crippen MR) is 92.4 cm³/mol. The van der Waals surface area contributed by atoms with E-state index >= 15 is 0 Å². The van der Waals surface area contributed by atoms with Gasteiger partial charge in [-0.05, 0) is 18.6 Å². The third-order valence-corrected chi connectivity index (χ3v) is 3.47. The smallest absolute Gasteiger partial charge is 0.288 e. The number of nitrogen functional groups attached to an aromatic ring is 1. The van der Waals surface area contributed by atoms with E-state index < -0.39 is 5.91 Å². The minimum Gasteiger partial charge on any atom is -0.385 e. The maximum absolute atomic E-state index is 11.8. The highest BCUT2D eigenvalue weighted by molar-refractivity contribution is 6.00. The van der Waals surface area contributed by atoms with Crippen LogP contribution in [0.25, 0.3) is 16.8 Å². The molecule has 1 aromatic heterocycles. The lowest BCUT2D eigenvalue weighted by Gasteiger charge is -1.93. The van der Waals surface area contributed by atoms with Gasteiger partial charge in [-0.25, -0.2) is 0 Å². The number of aromatic nitrogens is 1. The second-order valence-electron chi connectivity index (χ2n) is 5.22. The van der Waals surface area contributed by atoms with Crippen LogP contribution in [0, 0.1) is 6.92 Å². The molecule has 0 aliphatic rings. The molecule has 0 atom stereocenters. The van der Waals surface area contributed by atoms with Crippen molar-refractivity contribution in [1.82, 2.24) is 4.98 Å². The summed E-state index contributed by atoms with van der Waals surface area (Å²) >= 11 is 0. The summed E-state index contributed by atoms with van der Waals surface area (Å²) in [6, 6.07) is 15.4. The van der Waals surface area contributed by atoms with Crippen molar-refractivity contribution < 1.29 is 4.79 Å². The van der Waals surface area contributed by atoms with Crippen molar-refractivity contribution >= 4 is 34.4 Å². The van der Waals surface area contributed by atoms with Crippen LogP contribution >= 0.6 is 0 Å². The van der Waals surface area contributed by atoms with E-state index in [1.807, 2.05) is 55.5 Å². The Morgan fingerprint density at radius 2 is 1.78 bits per heavy atom. The van der Waals surface area contributed by atoms with E-state index in [0.29, 0.717) is 11.6 Å². The fourth-order valence-corrected chi connectivity index (χ4v) is 2.24. The lowest BCUT2D eigenvalue weighted by Crippen LogP contribution is -1.84. The molecular weight excluding hydrogens is 288 g/mol. The van der Waals surface area contributed by atoms with Gasteiger partial charge < -0.3 is 10.7 Å². The zero-order chi connectivity index (χ0) is 16.2. The molecule has 0 unspecified atom stereocenters. The third-order valence-electron chi connectivity index (χ3n) is 3.47. The predicted octanol–water partition coefficient (Wildman–Crippen LogP) is 4.38. The molecule has 0 spiro atoms. The van der Waals surface area contributed by atoms with Gasteiger partial charge in [-0.1, -0.05) is 54.1 Å². The summed E-state index contributed by atoms with van der Waals surface area (Å²) in [6.45, 7) is 2.01. The van der Waals surface area contributed by atoms with Crippen molar-refractivity contribution in [1.29, 1.82) is 0 Å². The number of carbonyl (C=O) groups is 1. The number of nitrogens with one attached hydrogen (secondary N) is 1. The second kappa shape index (κ2) is 6.27. The maximum atomic E-state index is 11.8. The zero-order valence-electron chi connectivity index (χ0n) is 12.7. The van der Waals surface area contributed by atoms with Crippen LogP contribution in [0.2, 0.25) is 0 Å². The molecular formula is C18H16N4O. The topological polar surface area (TPSA) is 83.6 Å². The zero-order valence-corrected chi connectivity index (χ0v) is 12.7. The average molecular weight is 304 g/mol. The van der Waals surface area contributed by atoms with E-state index in [2.05, 4.69) is 15.2 Å². The van der Waals surface area contributed by atoms with Gasteiger partial charge in [-0.2, -0.15) is 0 Å². The van der Waals surface area contributed by atoms with Gasteiger partial charge in [0.15, 0.2) is 5.82 Å². The lowest BCUT2D eigenvalue weighted by atomic mass is 10.1. The standard InChI is InChI=1S/C18H16N4O/c1-12-6-8-13(9-7-12)10-11-16(23)21-22-18-15-5-3-2-4-14(15)17(19)20-18/h2-11,20H,19H2,1H3/b11-10+,22-21?. The van der Waals surface area contributed by atoms with Crippen LogP contribution in [0.3, 0.4) is 0 Å². The van der Waals surface area contributed by atoms with Crippen molar-refractivity contribution in [2.75, 3.05) is 5.73 Å². The highest BCUT2D eigenvalue weighted by Crippen LogP contribution is 2.30. The molecule has 0 saturated heterocycles. The minimum atomic E-state index is -0.428. The number of nitrogens with zero attached hydrogens (tertiary/aromatic N) is 2. The van der Waals surface area contributed by atoms with E-state index in [-0.39, 0.29) is 0 Å². The number of aromatic amines is 1. The molecule has 23 heavy (non-hydrogen) atoms. The van der Waals surface area contributed by atoms with Gasteiger partial charge in [0.2, 0.25) is 0 Å². The number of rotatable bonds is 3. The van der Waals surface area contributed by atoms with Gasteiger partial charge in [0.25, 0.3) is 5.91 Å². The third kappa shape index (κ3) is 3.35. The number of amides is 1. The summed E-state index contributed by atoms with van der Waals surface area (Å²) in [7, 11) is 0. The number of aryl methyl sites for hydroxylation is 1. The van der Waals surface area contributed by atoms with Gasteiger partial charge in [0.05, 0.1) is 0 Å². The van der Waals surface area contributed by atoms with E-state index in [1.54, 1.807) is 6.08 Å². The first-order valence-electron chi connectivity index (χ1n) is 7.20. The van der Waals surface area contributed by atoms with Crippen LogP contribution < -0.4 is 5.73 Å². The quantitative estimate of drug-likeness (QED) is 0.556. The van der Waals surface area contributed by atoms with Crippen molar-refractivity contribution in [3.63, 3.8) is 0 Å². The van der Waals surface area contributed by atoms with Crippen molar-refractivity contribution in [3.05, 3.63) is 65.7 Å². The Morgan fingerprint density at radius 1 is 1.09 bits per heavy atom. The number of nitrogens with two attached hydrogens (primary N) is 1. The fourth-order valence-electron chi connectivity index (χ4n) is 2.24. The molecule has 3 rings (SSSR count). The first-order chi connectivity index (χ1) is 11.1. The van der Waals surface area contributed by atoms with Crippen LogP contribution in [-0.4, -0.2) is 10.9 Å². The van der Waals surface area contributed by atoms with Crippen LogP contribution in [0.5, 0.6) is 0 Å². The second-order valence-corrected chi connectivity index (χ2v) is 5.22. The Labute approximate surface area is 133 Å². The summed E-state index contributed by atoms with van der Waals surface area (Å²) in [5.41, 5.74) is 7.98. The SMILES string of the molecule is Cc1ccc(/C=C/C(=O)N=Nc2[nH]c(N)c3ccccc23)cc1. The van der Waals surface area contributed by atoms with E-state index in [1.165, 1.54) is 11.6 Å². The number of carbonyl (C=O) groups excluding carboxylic acids is 1. The molecule has 0 aliphatic heterocycles. The van der Waals surface area contributed by atoms with Gasteiger partial charge >= 0.3 is 0 Å². The molecule has 5 heteroatoms. The summed E-state index contributed by atoms with van der Waals surface area (Å²) in [5.74, 6) is 0.565. The van der Waals surface area contributed by atoms with Crippen molar-refractivity contribution in [3.8, 4) is 0 Å². The Morgan fingerprint density at radius 3 is 2.52 bits per heavy atom. The molecule has 0 aliphatic carbocycles. The summed E-state index contributed by atoms with van der Waals surface area (Å²) in [6.07, 6.45) is 3.10. The highest BCUT2D eigenvalue weighted by atomic mass is 16.1. The number of hydrogen-bond acceptors (Lipinski definition) is 3. The van der Waals surface area contributed by atoms with Gasteiger partial charge in [-0.15, -0.1) is 10.2 Å². The average Bonchev–Trinajstić information content (AvgIpc) is 2.89. The largest absolute Gasteiger partial charge is 0.385 e. The van der Waals surface area contributed by atoms with Crippen molar-refractivity contribution in [2.24, 2.45) is 10.2 Å². The molecule has 2 aromatic carbocycles. The number of hydrogen-bond donors (Lipinski definition) is 2. The Bertz CT molecular complexity index is 904. The van der Waals surface area contributed by atoms with Crippen LogP contribution in [0.4, 0.5) is 11.6 Å². The van der Waals surface area contributed by atoms with Crippen LogP contribution in [0.15, 0.2) is 64.8 Å². The molecule has 3 aromatic rings. The van der Waals surface area contributed by atoms with E-state index in [4.69, 9.17) is 5.73 Å². The molecule has 114 valence electrons. The number of benzene rings is 2. The van der Waals surface area contributed by atoms with Gasteiger partial charge in [0, 0.05) is 16.8 Å². The van der Waals surface area contributed by atoms with Gasteiger partial charge in [-0.3, -0.25) is 4.79 Å². The number of H-pyrrole nitrogens is 1. The first-order valence-corrected chi connectivity index (χ1v) is 7.20. The number of azo groups is 1. The molecule has 5 nitrogen and oxygen atoms in total. The highest BCUT2D eigenvalue weighted by Gasteiger charge is 2.06. The summed E-state index contributed by atoms with van der Waals surface area (Å²) in [5, 5.41) is 9.38. The summed E-state index contributed by atoms with van der Waals surface area (Å²) in [4.78, 5) is 14.7. The maximum Gasteiger partial charge on any atom is 0.288 e. The normalized spacial score (nSPS) is 11.7. The molecule has 0 saturated carbocycles. The minimum absolute atomic E-state index is 0.428. The van der Waals surface area contributed by atoms with E-state index in [0.717, 1.165) is 16.3 Å². The molecule has 0 fully saturated rings. The Kier molecular flexibility index (Phi) is 4.01. The van der Waals surface area contributed by atoms with E-state index in [9.17, 15) is 4.79 Å². The molecule has 0 bridgehead atoms. The Balaban J connectivity index is 1.76. The molecule has 1 amide bonds. The molecule has 0 radical (unpaired) electrons. The van der Waals surface area contributed by atoms with Gasteiger partial charge in [0.1, 0.15) is 5.82 Å². The summed E-state index contributed by atoms with van der Waals surface area (Å²) < 4.78 is 0. The molecule has 1 heterocycles. The monoisotopic (exact) mass is 304 g/mol. The first kappa shape index (κ1) is 14.7. The van der Waals surface area contributed by atoms with Crippen LogP contribution in [0.1, 0.15) is 11.1 Å². The van der Waals surface area contributed by atoms with Crippen molar-refractivity contribution in [2.45, 2.75) is 6.92 Å².